The third kappa shape index (κ3) is 5.72. The Balaban J connectivity index is 1.98. The molecular weight excluding hydrogens is 408 g/mol. The SMILES string of the molecule is CCOc1ccc(C=C(NC(=O)c2ccccc2)C(=O)NCCC(=O)O)c2ccccc12. The summed E-state index contributed by atoms with van der Waals surface area (Å²) in [6.07, 6.45) is 1.35. The second kappa shape index (κ2) is 10.8. The van der Waals surface area contributed by atoms with E-state index in [-0.39, 0.29) is 18.7 Å². The number of aliphatic carboxylic acids is 1. The van der Waals surface area contributed by atoms with Crippen molar-refractivity contribution in [1.29, 1.82) is 0 Å². The summed E-state index contributed by atoms with van der Waals surface area (Å²) in [5, 5.41) is 15.8. The van der Waals surface area contributed by atoms with E-state index >= 15 is 0 Å². The van der Waals surface area contributed by atoms with Crippen molar-refractivity contribution < 1.29 is 24.2 Å². The van der Waals surface area contributed by atoms with E-state index in [4.69, 9.17) is 9.84 Å². The van der Waals surface area contributed by atoms with E-state index in [2.05, 4.69) is 10.6 Å². The molecule has 0 unspecified atom stereocenters. The van der Waals surface area contributed by atoms with Crippen molar-refractivity contribution in [2.45, 2.75) is 13.3 Å². The molecule has 0 saturated heterocycles. The van der Waals surface area contributed by atoms with E-state index in [1.165, 1.54) is 0 Å². The summed E-state index contributed by atoms with van der Waals surface area (Å²) in [4.78, 5) is 36.3. The molecule has 7 heteroatoms. The van der Waals surface area contributed by atoms with Gasteiger partial charge in [-0.2, -0.15) is 0 Å². The third-order valence-electron chi connectivity index (χ3n) is 4.67. The molecule has 0 aromatic heterocycles. The number of carboxylic acids is 1. The molecule has 0 spiro atoms. The number of hydrogen-bond donors (Lipinski definition) is 3. The van der Waals surface area contributed by atoms with Crippen LogP contribution in [-0.4, -0.2) is 36.0 Å². The van der Waals surface area contributed by atoms with Crippen molar-refractivity contribution in [2.24, 2.45) is 0 Å². The lowest BCUT2D eigenvalue weighted by molar-refractivity contribution is -0.136. The van der Waals surface area contributed by atoms with Gasteiger partial charge in [-0.3, -0.25) is 14.4 Å². The first-order valence-corrected chi connectivity index (χ1v) is 10.2. The lowest BCUT2D eigenvalue weighted by Gasteiger charge is -2.13. The molecule has 3 N–H and O–H groups in total. The van der Waals surface area contributed by atoms with E-state index < -0.39 is 17.8 Å². The van der Waals surface area contributed by atoms with Crippen LogP contribution in [0, 0.1) is 0 Å². The van der Waals surface area contributed by atoms with Crippen LogP contribution in [0.5, 0.6) is 5.75 Å². The minimum Gasteiger partial charge on any atom is -0.493 e. The highest BCUT2D eigenvalue weighted by Crippen LogP contribution is 2.29. The number of benzene rings is 3. The first-order valence-electron chi connectivity index (χ1n) is 10.2. The molecule has 0 aliphatic rings. The van der Waals surface area contributed by atoms with Gasteiger partial charge in [-0.15, -0.1) is 0 Å². The molecule has 0 heterocycles. The number of rotatable bonds is 9. The zero-order chi connectivity index (χ0) is 22.9. The fraction of sp³-hybridized carbons (Fsp3) is 0.160. The van der Waals surface area contributed by atoms with Crippen LogP contribution in [0.1, 0.15) is 29.3 Å². The Labute approximate surface area is 185 Å². The van der Waals surface area contributed by atoms with E-state index in [9.17, 15) is 14.4 Å². The number of hydrogen-bond acceptors (Lipinski definition) is 4. The average Bonchev–Trinajstić information content (AvgIpc) is 2.80. The van der Waals surface area contributed by atoms with Crippen LogP contribution in [-0.2, 0) is 9.59 Å². The third-order valence-corrected chi connectivity index (χ3v) is 4.67. The number of nitrogens with one attached hydrogen (secondary N) is 2. The summed E-state index contributed by atoms with van der Waals surface area (Å²) in [7, 11) is 0. The van der Waals surface area contributed by atoms with E-state index in [0.29, 0.717) is 17.7 Å². The molecule has 3 aromatic carbocycles. The number of carbonyl (C=O) groups is 3. The minimum atomic E-state index is -1.03. The zero-order valence-electron chi connectivity index (χ0n) is 17.6. The van der Waals surface area contributed by atoms with Crippen LogP contribution in [0.4, 0.5) is 0 Å². The maximum absolute atomic E-state index is 12.8. The summed E-state index contributed by atoms with van der Waals surface area (Å²) < 4.78 is 5.70. The lowest BCUT2D eigenvalue weighted by atomic mass is 10.0. The van der Waals surface area contributed by atoms with Gasteiger partial charge in [0, 0.05) is 17.5 Å². The van der Waals surface area contributed by atoms with E-state index in [1.807, 2.05) is 43.3 Å². The Hall–Kier alpha value is -4.13. The average molecular weight is 432 g/mol. The molecule has 164 valence electrons. The fourth-order valence-electron chi connectivity index (χ4n) is 3.18. The number of amides is 2. The van der Waals surface area contributed by atoms with Crippen molar-refractivity contribution in [2.75, 3.05) is 13.2 Å². The summed E-state index contributed by atoms with van der Waals surface area (Å²) >= 11 is 0. The highest BCUT2D eigenvalue weighted by Gasteiger charge is 2.16. The highest BCUT2D eigenvalue weighted by atomic mass is 16.5. The van der Waals surface area contributed by atoms with Crippen LogP contribution >= 0.6 is 0 Å². The van der Waals surface area contributed by atoms with Gasteiger partial charge in [0.2, 0.25) is 0 Å². The summed E-state index contributed by atoms with van der Waals surface area (Å²) in [6, 6.07) is 19.8. The van der Waals surface area contributed by atoms with Crippen LogP contribution in [0.25, 0.3) is 16.8 Å². The van der Waals surface area contributed by atoms with Crippen molar-refractivity contribution in [3.63, 3.8) is 0 Å². The normalized spacial score (nSPS) is 11.1. The standard InChI is InChI=1S/C25H24N2O5/c1-2-32-22-13-12-18(19-10-6-7-11-20(19)22)16-21(25(31)26-15-14-23(28)29)27-24(30)17-8-4-3-5-9-17/h3-13,16H,2,14-15H2,1H3,(H,26,31)(H,27,30)(H,28,29). The fourth-order valence-corrected chi connectivity index (χ4v) is 3.18. The Kier molecular flexibility index (Phi) is 7.59. The topological polar surface area (TPSA) is 105 Å². The van der Waals surface area contributed by atoms with Gasteiger partial charge in [-0.25, -0.2) is 0 Å². The Morgan fingerprint density at radius 2 is 1.62 bits per heavy atom. The first kappa shape index (κ1) is 22.6. The molecule has 0 fully saturated rings. The lowest BCUT2D eigenvalue weighted by Crippen LogP contribution is -2.35. The minimum absolute atomic E-state index is 0.0126. The van der Waals surface area contributed by atoms with Crippen molar-refractivity contribution in [3.05, 3.63) is 83.6 Å². The van der Waals surface area contributed by atoms with Gasteiger partial charge in [0.1, 0.15) is 11.4 Å². The molecule has 3 rings (SSSR count). The number of fused-ring (bicyclic) bond motifs is 1. The van der Waals surface area contributed by atoms with Crippen LogP contribution in [0.15, 0.2) is 72.4 Å². The van der Waals surface area contributed by atoms with Crippen molar-refractivity contribution in [1.82, 2.24) is 10.6 Å². The van der Waals surface area contributed by atoms with Crippen LogP contribution in [0.3, 0.4) is 0 Å². The van der Waals surface area contributed by atoms with Crippen molar-refractivity contribution in [3.8, 4) is 5.75 Å². The number of carbonyl (C=O) groups excluding carboxylic acids is 2. The zero-order valence-corrected chi connectivity index (χ0v) is 17.6. The molecule has 0 bridgehead atoms. The van der Waals surface area contributed by atoms with Gasteiger partial charge in [0.05, 0.1) is 13.0 Å². The summed E-state index contributed by atoms with van der Waals surface area (Å²) in [6.45, 7) is 2.36. The molecular formula is C25H24N2O5. The predicted octanol–water partition coefficient (Wildman–Crippen LogP) is 3.60. The van der Waals surface area contributed by atoms with Crippen LogP contribution < -0.4 is 15.4 Å². The molecule has 2 amide bonds. The number of carboxylic acid groups (broad SMARTS) is 1. The van der Waals surface area contributed by atoms with Gasteiger partial charge >= 0.3 is 5.97 Å². The second-order valence-corrected chi connectivity index (χ2v) is 6.91. The maximum Gasteiger partial charge on any atom is 0.305 e. The van der Waals surface area contributed by atoms with Gasteiger partial charge in [-0.05, 0) is 42.1 Å². The molecule has 0 atom stereocenters. The second-order valence-electron chi connectivity index (χ2n) is 6.91. The quantitative estimate of drug-likeness (QED) is 0.448. The molecule has 7 nitrogen and oxygen atoms in total. The molecule has 0 radical (unpaired) electrons. The number of ether oxygens (including phenoxy) is 1. The molecule has 0 aliphatic carbocycles. The monoisotopic (exact) mass is 432 g/mol. The highest BCUT2D eigenvalue weighted by molar-refractivity contribution is 6.07. The molecule has 0 aliphatic heterocycles. The largest absolute Gasteiger partial charge is 0.493 e. The van der Waals surface area contributed by atoms with E-state index in [0.717, 1.165) is 16.5 Å². The summed E-state index contributed by atoms with van der Waals surface area (Å²) in [5.41, 5.74) is 1.12. The smallest absolute Gasteiger partial charge is 0.305 e. The molecule has 0 saturated carbocycles. The van der Waals surface area contributed by atoms with E-state index in [1.54, 1.807) is 36.4 Å². The molecule has 32 heavy (non-hydrogen) atoms. The maximum atomic E-state index is 12.8. The summed E-state index contributed by atoms with van der Waals surface area (Å²) in [5.74, 6) is -1.32. The van der Waals surface area contributed by atoms with Gasteiger partial charge < -0.3 is 20.5 Å². The van der Waals surface area contributed by atoms with Crippen LogP contribution in [0.2, 0.25) is 0 Å². The van der Waals surface area contributed by atoms with Crippen molar-refractivity contribution >= 4 is 34.6 Å². The van der Waals surface area contributed by atoms with Gasteiger partial charge in [-0.1, -0.05) is 48.5 Å². The van der Waals surface area contributed by atoms with Gasteiger partial charge in [0.25, 0.3) is 11.8 Å². The predicted molar refractivity (Wildman–Crippen MR) is 122 cm³/mol. The van der Waals surface area contributed by atoms with Gasteiger partial charge in [0.15, 0.2) is 0 Å². The Bertz CT molecular complexity index is 1160. The molecule has 3 aromatic rings. The Morgan fingerprint density at radius 1 is 0.938 bits per heavy atom. The first-order chi connectivity index (χ1) is 15.5. The Morgan fingerprint density at radius 3 is 2.31 bits per heavy atom.